The van der Waals surface area contributed by atoms with Gasteiger partial charge in [0.1, 0.15) is 0 Å². The highest BCUT2D eigenvalue weighted by atomic mass is 19.3. The van der Waals surface area contributed by atoms with Crippen LogP contribution in [-0.4, -0.2) is 85.2 Å². The van der Waals surface area contributed by atoms with Gasteiger partial charge in [0.25, 0.3) is 5.92 Å². The molecule has 1 saturated heterocycles. The number of carbonyl (C=O) groups is 3. The summed E-state index contributed by atoms with van der Waals surface area (Å²) in [6.07, 6.45) is 4.66. The fourth-order valence-corrected chi connectivity index (χ4v) is 3.64. The first-order chi connectivity index (χ1) is 13.0. The normalized spacial score (nSPS) is 24.6. The molecule has 0 aromatic heterocycles. The number of nitrogens with zero attached hydrogens (tertiary/aromatic N) is 3. The molecular weight excluding hydrogens is 370 g/mol. The van der Waals surface area contributed by atoms with Gasteiger partial charge >= 0.3 is 0 Å². The third kappa shape index (κ3) is 7.69. The topological polar surface area (TPSA) is 86.9 Å². The largest absolute Gasteiger partial charge is 0.351 e. The second-order valence-corrected chi connectivity index (χ2v) is 8.08. The molecule has 0 unspecified atom stereocenters. The van der Waals surface area contributed by atoms with Crippen LogP contribution in [-0.2, 0) is 14.4 Å². The molecule has 162 valence electrons. The number of nitrogens with two attached hydrogens (primary N) is 1. The van der Waals surface area contributed by atoms with Crippen molar-refractivity contribution in [3.63, 3.8) is 0 Å². The Bertz CT molecular complexity index is 537. The first-order valence-electron chi connectivity index (χ1n) is 9.74. The van der Waals surface area contributed by atoms with Crippen molar-refractivity contribution in [1.82, 2.24) is 14.7 Å². The van der Waals surface area contributed by atoms with Gasteiger partial charge in [0.15, 0.2) is 0 Å². The Labute approximate surface area is 166 Å². The zero-order chi connectivity index (χ0) is 21.5. The minimum atomic E-state index is -2.77. The average molecular weight is 405 g/mol. The predicted molar refractivity (Wildman–Crippen MR) is 103 cm³/mol. The van der Waals surface area contributed by atoms with Gasteiger partial charge in [-0.1, -0.05) is 0 Å². The number of hydrogen-bond donors (Lipinski definition) is 1. The van der Waals surface area contributed by atoms with E-state index in [-0.39, 0.29) is 30.8 Å². The standard InChI is InChI=1S/C16H27F2N3O2.C3H7NO/c1-11(22)20(2)13-5-3-12(4-6-13)9-14(19)15(23)21-8-7-16(17,18)10-21;1-4(2)3-5/h12-14H,3-10,19H2,1-2H3;3H,1-2H3/t12?,13?,14-;/m0./s1. The molecule has 1 aliphatic heterocycles. The quantitative estimate of drug-likeness (QED) is 0.700. The van der Waals surface area contributed by atoms with Gasteiger partial charge in [-0.25, -0.2) is 8.78 Å². The lowest BCUT2D eigenvalue weighted by Crippen LogP contribution is -2.45. The van der Waals surface area contributed by atoms with Crippen molar-refractivity contribution in [2.24, 2.45) is 11.7 Å². The number of likely N-dealkylation sites (tertiary alicyclic amines) is 1. The van der Waals surface area contributed by atoms with Crippen LogP contribution < -0.4 is 5.73 Å². The summed E-state index contributed by atoms with van der Waals surface area (Å²) in [5.74, 6) is -2.74. The molecule has 7 nitrogen and oxygen atoms in total. The van der Waals surface area contributed by atoms with Gasteiger partial charge in [0.2, 0.25) is 18.2 Å². The van der Waals surface area contributed by atoms with Crippen molar-refractivity contribution in [1.29, 1.82) is 0 Å². The lowest BCUT2D eigenvalue weighted by Gasteiger charge is -2.35. The van der Waals surface area contributed by atoms with Gasteiger partial charge in [0, 0.05) is 47.1 Å². The zero-order valence-electron chi connectivity index (χ0n) is 17.4. The third-order valence-corrected chi connectivity index (χ3v) is 5.46. The van der Waals surface area contributed by atoms with E-state index in [0.29, 0.717) is 12.3 Å². The maximum atomic E-state index is 13.2. The van der Waals surface area contributed by atoms with Crippen LogP contribution in [0.4, 0.5) is 8.78 Å². The monoisotopic (exact) mass is 404 g/mol. The van der Waals surface area contributed by atoms with E-state index in [1.807, 2.05) is 7.05 Å². The van der Waals surface area contributed by atoms with E-state index in [1.54, 1.807) is 25.9 Å². The Morgan fingerprint density at radius 2 is 1.75 bits per heavy atom. The van der Waals surface area contributed by atoms with E-state index in [1.165, 1.54) is 9.80 Å². The van der Waals surface area contributed by atoms with Crippen LogP contribution in [0.25, 0.3) is 0 Å². The third-order valence-electron chi connectivity index (χ3n) is 5.46. The van der Waals surface area contributed by atoms with Crippen molar-refractivity contribution in [2.45, 2.75) is 63.5 Å². The molecule has 0 radical (unpaired) electrons. The van der Waals surface area contributed by atoms with Gasteiger partial charge in [-0.2, -0.15) is 0 Å². The van der Waals surface area contributed by atoms with Gasteiger partial charge in [0.05, 0.1) is 12.6 Å². The lowest BCUT2D eigenvalue weighted by molar-refractivity contribution is -0.133. The highest BCUT2D eigenvalue weighted by molar-refractivity contribution is 5.82. The molecule has 1 saturated carbocycles. The van der Waals surface area contributed by atoms with Crippen molar-refractivity contribution in [2.75, 3.05) is 34.2 Å². The van der Waals surface area contributed by atoms with Gasteiger partial charge in [-0.3, -0.25) is 14.4 Å². The van der Waals surface area contributed by atoms with Crippen LogP contribution in [0.2, 0.25) is 0 Å². The Morgan fingerprint density at radius 3 is 2.14 bits per heavy atom. The molecular formula is C19H34F2N4O3. The highest BCUT2D eigenvalue weighted by Gasteiger charge is 2.41. The average Bonchev–Trinajstić information content (AvgIpc) is 3.01. The van der Waals surface area contributed by atoms with E-state index in [2.05, 4.69) is 0 Å². The molecule has 3 amide bonds. The fraction of sp³-hybridized carbons (Fsp3) is 0.842. The van der Waals surface area contributed by atoms with Crippen LogP contribution in [0.3, 0.4) is 0 Å². The van der Waals surface area contributed by atoms with E-state index in [0.717, 1.165) is 32.1 Å². The first kappa shape index (κ1) is 24.3. The van der Waals surface area contributed by atoms with Crippen molar-refractivity contribution in [3.05, 3.63) is 0 Å². The summed E-state index contributed by atoms with van der Waals surface area (Å²) in [5, 5.41) is 0. The minimum absolute atomic E-state index is 0.0651. The molecule has 0 aromatic rings. The highest BCUT2D eigenvalue weighted by Crippen LogP contribution is 2.31. The Morgan fingerprint density at radius 1 is 1.21 bits per heavy atom. The Balaban J connectivity index is 0.000000696. The van der Waals surface area contributed by atoms with Crippen molar-refractivity contribution < 1.29 is 23.2 Å². The van der Waals surface area contributed by atoms with Gasteiger partial charge in [-0.15, -0.1) is 0 Å². The van der Waals surface area contributed by atoms with Gasteiger partial charge in [-0.05, 0) is 38.0 Å². The maximum absolute atomic E-state index is 13.2. The summed E-state index contributed by atoms with van der Waals surface area (Å²) in [5.41, 5.74) is 5.96. The second-order valence-electron chi connectivity index (χ2n) is 8.08. The van der Waals surface area contributed by atoms with E-state index in [9.17, 15) is 23.2 Å². The van der Waals surface area contributed by atoms with Crippen molar-refractivity contribution >= 4 is 18.2 Å². The van der Waals surface area contributed by atoms with Crippen LogP contribution in [0.15, 0.2) is 0 Å². The van der Waals surface area contributed by atoms with Crippen LogP contribution in [0, 0.1) is 5.92 Å². The molecule has 1 heterocycles. The van der Waals surface area contributed by atoms with E-state index < -0.39 is 18.5 Å². The number of alkyl halides is 2. The van der Waals surface area contributed by atoms with Crippen LogP contribution >= 0.6 is 0 Å². The fourth-order valence-electron chi connectivity index (χ4n) is 3.64. The Kier molecular flexibility index (Phi) is 9.26. The predicted octanol–water partition coefficient (Wildman–Crippen LogP) is 1.31. The molecule has 0 aromatic carbocycles. The molecule has 2 N–H and O–H groups in total. The number of rotatable bonds is 5. The molecule has 9 heteroatoms. The smallest absolute Gasteiger partial charge is 0.267 e. The van der Waals surface area contributed by atoms with E-state index >= 15 is 0 Å². The zero-order valence-corrected chi connectivity index (χ0v) is 17.4. The number of amides is 3. The number of hydrogen-bond acceptors (Lipinski definition) is 4. The minimum Gasteiger partial charge on any atom is -0.351 e. The SMILES string of the molecule is CC(=O)N(C)C1CCC(C[C@H](N)C(=O)N2CCC(F)(F)C2)CC1.CN(C)C=O. The molecule has 1 aliphatic carbocycles. The second kappa shape index (κ2) is 10.7. The molecule has 28 heavy (non-hydrogen) atoms. The summed E-state index contributed by atoms with van der Waals surface area (Å²) in [4.78, 5) is 37.4. The molecule has 2 fully saturated rings. The van der Waals surface area contributed by atoms with E-state index in [4.69, 9.17) is 5.73 Å². The van der Waals surface area contributed by atoms with Gasteiger partial charge < -0.3 is 20.4 Å². The summed E-state index contributed by atoms with van der Waals surface area (Å²) in [6.45, 7) is 1.15. The lowest BCUT2D eigenvalue weighted by atomic mass is 9.82. The molecule has 2 rings (SSSR count). The summed E-state index contributed by atoms with van der Waals surface area (Å²) in [7, 11) is 5.19. The maximum Gasteiger partial charge on any atom is 0.267 e. The van der Waals surface area contributed by atoms with Crippen molar-refractivity contribution in [3.8, 4) is 0 Å². The summed E-state index contributed by atoms with van der Waals surface area (Å²) in [6, 6.07) is -0.441. The molecule has 1 atom stereocenters. The number of halogens is 2. The van der Waals surface area contributed by atoms with Crippen LogP contribution in [0.5, 0.6) is 0 Å². The Hall–Kier alpha value is -1.77. The first-order valence-corrected chi connectivity index (χ1v) is 9.74. The number of carbonyl (C=O) groups excluding carboxylic acids is 3. The molecule has 0 bridgehead atoms. The summed E-state index contributed by atoms with van der Waals surface area (Å²) >= 11 is 0. The molecule has 0 spiro atoms. The summed E-state index contributed by atoms with van der Waals surface area (Å²) < 4.78 is 26.4. The molecule has 2 aliphatic rings. The van der Waals surface area contributed by atoms with Crippen LogP contribution in [0.1, 0.15) is 45.4 Å².